The Balaban J connectivity index is 1.20. The Morgan fingerprint density at radius 3 is 2.02 bits per heavy atom. The molecule has 7 N–H and O–H groups in total. The molecular formula is C53H63N5O7. The number of guanidine groups is 1. The SMILES string of the molecule is C=CC[C@H](CC(=O)[C@@H](CCCN=C(N)N)NC(=O)[C@@H](CCCCN)CC(=O)COc1ccc2ccccc2c1-c1c(OCC2CCC2)ccc2ccccc12)C(=O)OCc1ccccc1. The van der Waals surface area contributed by atoms with E-state index in [-0.39, 0.29) is 63.0 Å². The summed E-state index contributed by atoms with van der Waals surface area (Å²) in [6.45, 7) is 4.83. The quantitative estimate of drug-likeness (QED) is 0.0131. The van der Waals surface area contributed by atoms with Crippen molar-refractivity contribution < 1.29 is 33.4 Å². The molecule has 0 spiro atoms. The van der Waals surface area contributed by atoms with E-state index in [9.17, 15) is 19.2 Å². The molecule has 0 aromatic heterocycles. The van der Waals surface area contributed by atoms with Gasteiger partial charge in [-0.25, -0.2) is 0 Å². The highest BCUT2D eigenvalue weighted by Crippen LogP contribution is 2.46. The van der Waals surface area contributed by atoms with Crippen LogP contribution >= 0.6 is 0 Å². The summed E-state index contributed by atoms with van der Waals surface area (Å²) in [5.74, 6) is -1.49. The van der Waals surface area contributed by atoms with E-state index < -0.39 is 29.8 Å². The predicted molar refractivity (Wildman–Crippen MR) is 257 cm³/mol. The molecule has 0 bridgehead atoms. The number of Topliss-reactive ketones (excluding diaryl/α,β-unsaturated/α-hetero) is 2. The zero-order chi connectivity index (χ0) is 46.0. The van der Waals surface area contributed by atoms with Gasteiger partial charge >= 0.3 is 5.97 Å². The molecule has 1 aliphatic carbocycles. The van der Waals surface area contributed by atoms with Crippen LogP contribution in [0.4, 0.5) is 0 Å². The van der Waals surface area contributed by atoms with Crippen LogP contribution in [0.1, 0.15) is 76.2 Å². The monoisotopic (exact) mass is 881 g/mol. The maximum atomic E-state index is 14.2. The van der Waals surface area contributed by atoms with Crippen molar-refractivity contribution in [3.05, 3.63) is 121 Å². The third-order valence-corrected chi connectivity index (χ3v) is 12.1. The number of nitrogens with two attached hydrogens (primary N) is 3. The highest BCUT2D eigenvalue weighted by Gasteiger charge is 2.31. The van der Waals surface area contributed by atoms with Gasteiger partial charge in [-0.1, -0.05) is 110 Å². The number of allylic oxidation sites excluding steroid dienone is 1. The number of amides is 1. The topological polar surface area (TPSA) is 198 Å². The molecule has 0 unspecified atom stereocenters. The highest BCUT2D eigenvalue weighted by atomic mass is 16.5. The first-order chi connectivity index (χ1) is 31.6. The van der Waals surface area contributed by atoms with Crippen molar-refractivity contribution in [2.75, 3.05) is 26.3 Å². The molecule has 342 valence electrons. The summed E-state index contributed by atoms with van der Waals surface area (Å²) >= 11 is 0. The number of unbranched alkanes of at least 4 members (excludes halogenated alkanes) is 1. The molecule has 0 heterocycles. The summed E-state index contributed by atoms with van der Waals surface area (Å²) in [5.41, 5.74) is 19.5. The first-order valence-electron chi connectivity index (χ1n) is 22.9. The second kappa shape index (κ2) is 24.5. The van der Waals surface area contributed by atoms with Crippen LogP contribution in [0, 0.1) is 17.8 Å². The average Bonchev–Trinajstić information content (AvgIpc) is 3.30. The molecule has 12 heteroatoms. The number of hydrogen-bond acceptors (Lipinski definition) is 9. The number of ether oxygens (including phenoxy) is 3. The number of carbonyl (C=O) groups excluding carboxylic acids is 4. The third-order valence-electron chi connectivity index (χ3n) is 12.1. The second-order valence-electron chi connectivity index (χ2n) is 16.9. The highest BCUT2D eigenvalue weighted by molar-refractivity contribution is 6.10. The van der Waals surface area contributed by atoms with Crippen molar-refractivity contribution >= 4 is 50.9 Å². The zero-order valence-electron chi connectivity index (χ0n) is 37.3. The van der Waals surface area contributed by atoms with Crippen LogP contribution < -0.4 is 32.0 Å². The number of rotatable bonds is 27. The number of carbonyl (C=O) groups is 4. The number of nitrogens with zero attached hydrogens (tertiary/aromatic N) is 1. The summed E-state index contributed by atoms with van der Waals surface area (Å²) in [6.07, 6.45) is 7.19. The molecule has 1 saturated carbocycles. The first kappa shape index (κ1) is 47.9. The largest absolute Gasteiger partial charge is 0.493 e. The van der Waals surface area contributed by atoms with Crippen molar-refractivity contribution in [1.82, 2.24) is 5.32 Å². The summed E-state index contributed by atoms with van der Waals surface area (Å²) in [7, 11) is 0. The number of ketones is 2. The van der Waals surface area contributed by atoms with Crippen molar-refractivity contribution in [3.8, 4) is 22.6 Å². The minimum absolute atomic E-state index is 0.0591. The van der Waals surface area contributed by atoms with Gasteiger partial charge in [0.25, 0.3) is 0 Å². The number of nitrogens with one attached hydrogen (secondary N) is 1. The van der Waals surface area contributed by atoms with Gasteiger partial charge in [-0.3, -0.25) is 24.2 Å². The molecule has 0 radical (unpaired) electrons. The minimum atomic E-state index is -0.976. The van der Waals surface area contributed by atoms with Crippen molar-refractivity contribution in [1.29, 1.82) is 0 Å². The molecular weight excluding hydrogens is 819 g/mol. The van der Waals surface area contributed by atoms with Crippen LogP contribution in [0.25, 0.3) is 32.7 Å². The lowest BCUT2D eigenvalue weighted by molar-refractivity contribution is -0.151. The number of fused-ring (bicyclic) bond motifs is 2. The van der Waals surface area contributed by atoms with E-state index in [0.717, 1.165) is 56.8 Å². The fourth-order valence-corrected chi connectivity index (χ4v) is 8.28. The van der Waals surface area contributed by atoms with Gasteiger partial charge in [0.2, 0.25) is 5.91 Å². The number of aliphatic imine (C=N–C) groups is 1. The zero-order valence-corrected chi connectivity index (χ0v) is 37.3. The Labute approximate surface area is 382 Å². The molecule has 5 aromatic rings. The molecule has 5 aromatic carbocycles. The summed E-state index contributed by atoms with van der Waals surface area (Å²) in [4.78, 5) is 59.5. The standard InChI is InChI=1S/C53H63N5O7/c1-2-14-41(52(62)65-34-36-15-4-3-5-16-36)32-46(60)45(24-13-30-57-53(55)56)58-51(61)40(21-10-11-29-54)31-42(59)35-64-48-28-26-39-20-7-9-23-44(39)50(48)49-43-22-8-6-19-38(43)25-27-47(49)63-33-37-17-12-18-37/h2-9,15-16,19-20,22-23,25-28,37,40-41,45H,1,10-14,17-18,21,24,29-35,54H2,(H,58,61)(H4,55,56,57)/t40-,41+,45+/m0/s1. The summed E-state index contributed by atoms with van der Waals surface area (Å²) in [5, 5.41) is 6.96. The lowest BCUT2D eigenvalue weighted by Gasteiger charge is -2.26. The van der Waals surface area contributed by atoms with Crippen LogP contribution in [-0.2, 0) is 30.5 Å². The van der Waals surface area contributed by atoms with Crippen LogP contribution in [-0.4, -0.2) is 61.7 Å². The smallest absolute Gasteiger partial charge is 0.310 e. The molecule has 1 fully saturated rings. The Kier molecular flexibility index (Phi) is 18.1. The van der Waals surface area contributed by atoms with Crippen LogP contribution in [0.2, 0.25) is 0 Å². The van der Waals surface area contributed by atoms with Gasteiger partial charge in [-0.2, -0.15) is 0 Å². The van der Waals surface area contributed by atoms with Gasteiger partial charge in [-0.05, 0) is 96.6 Å². The Morgan fingerprint density at radius 1 is 0.754 bits per heavy atom. The Bertz CT molecular complexity index is 2430. The molecule has 65 heavy (non-hydrogen) atoms. The van der Waals surface area contributed by atoms with Crippen molar-refractivity contribution in [3.63, 3.8) is 0 Å². The van der Waals surface area contributed by atoms with E-state index in [0.29, 0.717) is 50.5 Å². The predicted octanol–water partition coefficient (Wildman–Crippen LogP) is 8.36. The lowest BCUT2D eigenvalue weighted by atomic mass is 9.86. The molecule has 1 amide bonds. The van der Waals surface area contributed by atoms with Crippen molar-refractivity contribution in [2.45, 2.75) is 83.3 Å². The molecule has 12 nitrogen and oxygen atoms in total. The molecule has 3 atom stereocenters. The fraction of sp³-hybridized carbons (Fsp3) is 0.377. The number of benzene rings is 5. The van der Waals surface area contributed by atoms with Gasteiger partial charge in [0.15, 0.2) is 17.5 Å². The van der Waals surface area contributed by atoms with E-state index in [1.165, 1.54) is 6.42 Å². The molecule has 6 rings (SSSR count). The lowest BCUT2D eigenvalue weighted by Crippen LogP contribution is -2.45. The fourth-order valence-electron chi connectivity index (χ4n) is 8.28. The second-order valence-corrected chi connectivity index (χ2v) is 16.9. The third kappa shape index (κ3) is 13.7. The average molecular weight is 882 g/mol. The van der Waals surface area contributed by atoms with E-state index in [1.54, 1.807) is 6.08 Å². The van der Waals surface area contributed by atoms with Crippen LogP contribution in [0.5, 0.6) is 11.5 Å². The van der Waals surface area contributed by atoms with Gasteiger partial charge in [-0.15, -0.1) is 6.58 Å². The van der Waals surface area contributed by atoms with E-state index in [2.05, 4.69) is 47.2 Å². The molecule has 0 saturated heterocycles. The maximum absolute atomic E-state index is 14.2. The summed E-state index contributed by atoms with van der Waals surface area (Å²) < 4.78 is 18.6. The maximum Gasteiger partial charge on any atom is 0.310 e. The van der Waals surface area contributed by atoms with Gasteiger partial charge in [0, 0.05) is 36.4 Å². The number of hydrogen-bond donors (Lipinski definition) is 4. The first-order valence-corrected chi connectivity index (χ1v) is 22.9. The Hall–Kier alpha value is -6.53. The van der Waals surface area contributed by atoms with Gasteiger partial charge in [0.1, 0.15) is 24.7 Å². The van der Waals surface area contributed by atoms with E-state index in [4.69, 9.17) is 31.4 Å². The Morgan fingerprint density at radius 2 is 1.40 bits per heavy atom. The summed E-state index contributed by atoms with van der Waals surface area (Å²) in [6, 6.07) is 32.5. The van der Waals surface area contributed by atoms with Crippen LogP contribution in [0.15, 0.2) is 121 Å². The molecule has 1 aliphatic rings. The van der Waals surface area contributed by atoms with E-state index in [1.807, 2.05) is 72.8 Å². The van der Waals surface area contributed by atoms with Gasteiger partial charge in [0.05, 0.1) is 18.6 Å². The van der Waals surface area contributed by atoms with Crippen molar-refractivity contribution in [2.24, 2.45) is 39.9 Å². The van der Waals surface area contributed by atoms with E-state index >= 15 is 0 Å². The van der Waals surface area contributed by atoms with Gasteiger partial charge < -0.3 is 36.7 Å². The normalized spacial score (nSPS) is 13.8. The molecule has 0 aliphatic heterocycles. The number of esters is 1. The van der Waals surface area contributed by atoms with Crippen LogP contribution in [0.3, 0.4) is 0 Å². The minimum Gasteiger partial charge on any atom is -0.493 e.